The third-order valence-corrected chi connectivity index (χ3v) is 4.33. The topological polar surface area (TPSA) is 67.2 Å². The molecule has 0 aliphatic rings. The highest BCUT2D eigenvalue weighted by atomic mass is 16.4. The average Bonchev–Trinajstić information content (AvgIpc) is 3.20. The SMILES string of the molecule is O=C(NCc1ncc(-c2ccccc2)o1)NCc1cccc2ccccc12. The van der Waals surface area contributed by atoms with Gasteiger partial charge < -0.3 is 15.1 Å². The van der Waals surface area contributed by atoms with Gasteiger partial charge in [-0.2, -0.15) is 0 Å². The minimum absolute atomic E-state index is 0.230. The van der Waals surface area contributed by atoms with Gasteiger partial charge >= 0.3 is 6.03 Å². The number of aromatic nitrogens is 1. The monoisotopic (exact) mass is 357 g/mol. The van der Waals surface area contributed by atoms with Crippen LogP contribution in [0, 0.1) is 0 Å². The van der Waals surface area contributed by atoms with Crippen LogP contribution in [-0.4, -0.2) is 11.0 Å². The van der Waals surface area contributed by atoms with E-state index in [1.807, 2.05) is 54.6 Å². The third kappa shape index (κ3) is 3.98. The Morgan fingerprint density at radius 3 is 2.48 bits per heavy atom. The predicted octanol–water partition coefficient (Wildman–Crippen LogP) is 4.49. The first-order valence-electron chi connectivity index (χ1n) is 8.78. The lowest BCUT2D eigenvalue weighted by Crippen LogP contribution is -2.34. The van der Waals surface area contributed by atoms with E-state index in [0.717, 1.165) is 21.9 Å². The number of urea groups is 1. The molecule has 3 aromatic carbocycles. The number of nitrogens with zero attached hydrogens (tertiary/aromatic N) is 1. The van der Waals surface area contributed by atoms with Gasteiger partial charge in [-0.25, -0.2) is 9.78 Å². The van der Waals surface area contributed by atoms with Gasteiger partial charge in [-0.3, -0.25) is 0 Å². The van der Waals surface area contributed by atoms with Crippen molar-refractivity contribution in [2.24, 2.45) is 0 Å². The molecule has 134 valence electrons. The Bertz CT molecular complexity index is 1050. The van der Waals surface area contributed by atoms with Gasteiger partial charge in [-0.05, 0) is 16.3 Å². The molecule has 27 heavy (non-hydrogen) atoms. The third-order valence-electron chi connectivity index (χ3n) is 4.33. The Kier molecular flexibility index (Phi) is 4.83. The lowest BCUT2D eigenvalue weighted by Gasteiger charge is -2.09. The summed E-state index contributed by atoms with van der Waals surface area (Å²) in [6.45, 7) is 0.683. The van der Waals surface area contributed by atoms with E-state index in [0.29, 0.717) is 18.2 Å². The first-order valence-corrected chi connectivity index (χ1v) is 8.78. The molecule has 0 fully saturated rings. The smallest absolute Gasteiger partial charge is 0.315 e. The number of carbonyl (C=O) groups is 1. The Hall–Kier alpha value is -3.60. The highest BCUT2D eigenvalue weighted by molar-refractivity contribution is 5.86. The van der Waals surface area contributed by atoms with E-state index in [9.17, 15) is 4.79 Å². The maximum atomic E-state index is 12.1. The first-order chi connectivity index (χ1) is 13.3. The van der Waals surface area contributed by atoms with Crippen molar-refractivity contribution < 1.29 is 9.21 Å². The van der Waals surface area contributed by atoms with Crippen LogP contribution in [0.4, 0.5) is 4.79 Å². The summed E-state index contributed by atoms with van der Waals surface area (Å²) in [4.78, 5) is 16.3. The summed E-state index contributed by atoms with van der Waals surface area (Å²) in [5, 5.41) is 7.95. The number of nitrogens with one attached hydrogen (secondary N) is 2. The van der Waals surface area contributed by atoms with Crippen molar-refractivity contribution in [1.82, 2.24) is 15.6 Å². The number of oxazole rings is 1. The molecule has 4 rings (SSSR count). The molecular formula is C22H19N3O2. The van der Waals surface area contributed by atoms with Crippen molar-refractivity contribution in [3.8, 4) is 11.3 Å². The summed E-state index contributed by atoms with van der Waals surface area (Å²) in [5.41, 5.74) is 2.03. The van der Waals surface area contributed by atoms with Crippen molar-refractivity contribution in [1.29, 1.82) is 0 Å². The second-order valence-corrected chi connectivity index (χ2v) is 6.16. The van der Waals surface area contributed by atoms with Crippen LogP contribution in [0.1, 0.15) is 11.5 Å². The van der Waals surface area contributed by atoms with E-state index < -0.39 is 0 Å². The van der Waals surface area contributed by atoms with Crippen molar-refractivity contribution in [2.45, 2.75) is 13.1 Å². The van der Waals surface area contributed by atoms with Crippen molar-refractivity contribution in [3.05, 3.63) is 90.4 Å². The fraction of sp³-hybridized carbons (Fsp3) is 0.0909. The lowest BCUT2D eigenvalue weighted by atomic mass is 10.0. The van der Waals surface area contributed by atoms with Gasteiger partial charge in [0, 0.05) is 12.1 Å². The zero-order chi connectivity index (χ0) is 18.5. The minimum Gasteiger partial charge on any atom is -0.439 e. The van der Waals surface area contributed by atoms with E-state index in [1.54, 1.807) is 6.20 Å². The normalized spacial score (nSPS) is 10.7. The number of hydrogen-bond acceptors (Lipinski definition) is 3. The number of hydrogen-bond donors (Lipinski definition) is 2. The predicted molar refractivity (Wildman–Crippen MR) is 105 cm³/mol. The van der Waals surface area contributed by atoms with Crippen LogP contribution in [0.15, 0.2) is 83.4 Å². The van der Waals surface area contributed by atoms with E-state index in [2.05, 4.69) is 33.8 Å². The summed E-state index contributed by atoms with van der Waals surface area (Å²) in [6, 6.07) is 23.7. The Balaban J connectivity index is 1.33. The molecule has 1 heterocycles. The molecule has 0 unspecified atom stereocenters. The number of fused-ring (bicyclic) bond motifs is 1. The number of carbonyl (C=O) groups excluding carboxylic acids is 1. The zero-order valence-corrected chi connectivity index (χ0v) is 14.7. The fourth-order valence-corrected chi connectivity index (χ4v) is 2.97. The van der Waals surface area contributed by atoms with Crippen LogP contribution >= 0.6 is 0 Å². The fourth-order valence-electron chi connectivity index (χ4n) is 2.97. The summed E-state index contributed by atoms with van der Waals surface area (Å²) in [5.74, 6) is 1.15. The van der Waals surface area contributed by atoms with Crippen LogP contribution in [0.2, 0.25) is 0 Å². The standard InChI is InChI=1S/C22H19N3O2/c26-22(24-13-18-11-6-10-16-7-4-5-12-19(16)18)25-15-21-23-14-20(27-21)17-8-2-1-3-9-17/h1-12,14H,13,15H2,(H2,24,25,26). The summed E-state index contributed by atoms with van der Waals surface area (Å²) >= 11 is 0. The van der Waals surface area contributed by atoms with E-state index in [-0.39, 0.29) is 12.6 Å². The molecule has 5 nitrogen and oxygen atoms in total. The van der Waals surface area contributed by atoms with Gasteiger partial charge in [0.25, 0.3) is 0 Å². The molecule has 0 radical (unpaired) electrons. The quantitative estimate of drug-likeness (QED) is 0.553. The molecule has 1 aromatic heterocycles. The molecule has 0 aliphatic heterocycles. The molecule has 0 bridgehead atoms. The molecule has 2 amide bonds. The maximum Gasteiger partial charge on any atom is 0.315 e. The highest BCUT2D eigenvalue weighted by Gasteiger charge is 2.08. The molecule has 4 aromatic rings. The maximum absolute atomic E-state index is 12.1. The second-order valence-electron chi connectivity index (χ2n) is 6.16. The van der Waals surface area contributed by atoms with Gasteiger partial charge in [0.15, 0.2) is 5.76 Å². The minimum atomic E-state index is -0.262. The molecule has 0 saturated heterocycles. The molecule has 5 heteroatoms. The van der Waals surface area contributed by atoms with Crippen LogP contribution in [-0.2, 0) is 13.1 Å². The Morgan fingerprint density at radius 1 is 0.852 bits per heavy atom. The summed E-state index contributed by atoms with van der Waals surface area (Å²) in [6.07, 6.45) is 1.67. The van der Waals surface area contributed by atoms with Gasteiger partial charge in [0.2, 0.25) is 5.89 Å². The second kappa shape index (κ2) is 7.74. The van der Waals surface area contributed by atoms with E-state index in [4.69, 9.17) is 4.42 Å². The van der Waals surface area contributed by atoms with Crippen LogP contribution in [0.3, 0.4) is 0 Å². The first kappa shape index (κ1) is 16.8. The molecular weight excluding hydrogens is 338 g/mol. The van der Waals surface area contributed by atoms with Gasteiger partial charge in [-0.1, -0.05) is 72.8 Å². The van der Waals surface area contributed by atoms with Crippen LogP contribution in [0.5, 0.6) is 0 Å². The van der Waals surface area contributed by atoms with Crippen LogP contribution in [0.25, 0.3) is 22.1 Å². The summed E-state index contributed by atoms with van der Waals surface area (Å²) in [7, 11) is 0. The Morgan fingerprint density at radius 2 is 1.59 bits per heavy atom. The van der Waals surface area contributed by atoms with Gasteiger partial charge in [0.1, 0.15) is 0 Å². The number of amides is 2. The van der Waals surface area contributed by atoms with Crippen molar-refractivity contribution >= 4 is 16.8 Å². The molecule has 2 N–H and O–H groups in total. The van der Waals surface area contributed by atoms with Crippen LogP contribution < -0.4 is 10.6 Å². The molecule has 0 spiro atoms. The highest BCUT2D eigenvalue weighted by Crippen LogP contribution is 2.20. The lowest BCUT2D eigenvalue weighted by molar-refractivity contribution is 0.239. The van der Waals surface area contributed by atoms with Gasteiger partial charge in [0.05, 0.1) is 12.7 Å². The number of rotatable bonds is 5. The zero-order valence-electron chi connectivity index (χ0n) is 14.7. The van der Waals surface area contributed by atoms with E-state index in [1.165, 1.54) is 0 Å². The van der Waals surface area contributed by atoms with E-state index >= 15 is 0 Å². The average molecular weight is 357 g/mol. The molecule has 0 aliphatic carbocycles. The Labute approximate surface area is 157 Å². The largest absolute Gasteiger partial charge is 0.439 e. The van der Waals surface area contributed by atoms with Crippen molar-refractivity contribution in [2.75, 3.05) is 0 Å². The molecule has 0 saturated carbocycles. The number of benzene rings is 3. The molecule has 0 atom stereocenters. The van der Waals surface area contributed by atoms with Crippen molar-refractivity contribution in [3.63, 3.8) is 0 Å². The van der Waals surface area contributed by atoms with Gasteiger partial charge in [-0.15, -0.1) is 0 Å². The summed E-state index contributed by atoms with van der Waals surface area (Å²) < 4.78 is 5.69.